The molecule has 0 bridgehead atoms. The normalized spacial score (nSPS) is 12.6. The summed E-state index contributed by atoms with van der Waals surface area (Å²) in [5, 5.41) is 9.08. The van der Waals surface area contributed by atoms with Crippen LogP contribution in [0.5, 0.6) is 5.75 Å². The maximum Gasteiger partial charge on any atom is 0.133 e. The van der Waals surface area contributed by atoms with Crippen LogP contribution in [0.1, 0.15) is 11.5 Å². The van der Waals surface area contributed by atoms with Crippen molar-refractivity contribution in [1.29, 1.82) is 0 Å². The maximum absolute atomic E-state index is 9.08. The zero-order chi connectivity index (χ0) is 10.6. The van der Waals surface area contributed by atoms with Crippen LogP contribution in [0.2, 0.25) is 0 Å². The zero-order valence-corrected chi connectivity index (χ0v) is 9.62. The van der Waals surface area contributed by atoms with Crippen molar-refractivity contribution in [1.82, 2.24) is 0 Å². The Morgan fingerprint density at radius 3 is 2.79 bits per heavy atom. The van der Waals surface area contributed by atoms with Crippen LogP contribution in [0, 0.1) is 0 Å². The molecule has 0 amide bonds. The summed E-state index contributed by atoms with van der Waals surface area (Å²) in [6.07, 6.45) is 0. The molecule has 0 radical (unpaired) electrons. The molecule has 1 atom stereocenters. The van der Waals surface area contributed by atoms with Gasteiger partial charge in [0.15, 0.2) is 0 Å². The summed E-state index contributed by atoms with van der Waals surface area (Å²) >= 11 is 3.36. The molecule has 14 heavy (non-hydrogen) atoms. The SMILES string of the molecule is COc1cc(C(CN)CO)ccc1Br. The van der Waals surface area contributed by atoms with Crippen molar-refractivity contribution in [3.05, 3.63) is 28.2 Å². The predicted octanol–water partition coefficient (Wildman–Crippen LogP) is 1.49. The van der Waals surface area contributed by atoms with Crippen LogP contribution in [0.15, 0.2) is 22.7 Å². The zero-order valence-electron chi connectivity index (χ0n) is 8.03. The fraction of sp³-hybridized carbons (Fsp3) is 0.400. The largest absolute Gasteiger partial charge is 0.496 e. The van der Waals surface area contributed by atoms with Crippen molar-refractivity contribution < 1.29 is 9.84 Å². The highest BCUT2D eigenvalue weighted by Crippen LogP contribution is 2.28. The molecule has 0 fully saturated rings. The Bertz CT molecular complexity index is 300. The van der Waals surface area contributed by atoms with Gasteiger partial charge < -0.3 is 15.6 Å². The summed E-state index contributed by atoms with van der Waals surface area (Å²) in [6, 6.07) is 5.71. The van der Waals surface area contributed by atoms with E-state index in [1.807, 2.05) is 18.2 Å². The third-order valence-electron chi connectivity index (χ3n) is 2.15. The van der Waals surface area contributed by atoms with E-state index in [9.17, 15) is 0 Å². The molecule has 0 spiro atoms. The minimum absolute atomic E-state index is 0.0167. The molecule has 1 aromatic rings. The van der Waals surface area contributed by atoms with Gasteiger partial charge in [-0.15, -0.1) is 0 Å². The lowest BCUT2D eigenvalue weighted by Crippen LogP contribution is -2.16. The van der Waals surface area contributed by atoms with Gasteiger partial charge in [0.1, 0.15) is 5.75 Å². The van der Waals surface area contributed by atoms with Gasteiger partial charge in [0.2, 0.25) is 0 Å². The van der Waals surface area contributed by atoms with Crippen LogP contribution >= 0.6 is 15.9 Å². The number of hydrogen-bond donors (Lipinski definition) is 2. The number of rotatable bonds is 4. The molecule has 0 saturated heterocycles. The van der Waals surface area contributed by atoms with Crippen molar-refractivity contribution in [3.63, 3.8) is 0 Å². The van der Waals surface area contributed by atoms with Crippen LogP contribution in [0.4, 0.5) is 0 Å². The molecular weight excluding hydrogens is 246 g/mol. The van der Waals surface area contributed by atoms with Gasteiger partial charge in [0.25, 0.3) is 0 Å². The summed E-state index contributed by atoms with van der Waals surface area (Å²) in [5.41, 5.74) is 6.53. The summed E-state index contributed by atoms with van der Waals surface area (Å²) in [6.45, 7) is 0.489. The number of methoxy groups -OCH3 is 1. The number of nitrogens with two attached hydrogens (primary N) is 1. The Labute approximate surface area is 92.0 Å². The van der Waals surface area contributed by atoms with E-state index >= 15 is 0 Å². The van der Waals surface area contributed by atoms with E-state index < -0.39 is 0 Å². The molecule has 3 nitrogen and oxygen atoms in total. The van der Waals surface area contributed by atoms with E-state index in [1.54, 1.807) is 7.11 Å². The fourth-order valence-electron chi connectivity index (χ4n) is 1.25. The highest BCUT2D eigenvalue weighted by atomic mass is 79.9. The maximum atomic E-state index is 9.08. The summed E-state index contributed by atoms with van der Waals surface area (Å²) in [4.78, 5) is 0. The molecule has 1 unspecified atom stereocenters. The number of ether oxygens (including phenoxy) is 1. The topological polar surface area (TPSA) is 55.5 Å². The number of halogens is 1. The highest BCUT2D eigenvalue weighted by Gasteiger charge is 2.10. The lowest BCUT2D eigenvalue weighted by Gasteiger charge is -2.13. The number of aliphatic hydroxyl groups is 1. The van der Waals surface area contributed by atoms with Crippen molar-refractivity contribution in [2.45, 2.75) is 5.92 Å². The van der Waals surface area contributed by atoms with Gasteiger partial charge in [-0.25, -0.2) is 0 Å². The average molecular weight is 260 g/mol. The van der Waals surface area contributed by atoms with Crippen LogP contribution in [-0.2, 0) is 0 Å². The first-order valence-corrected chi connectivity index (χ1v) is 5.16. The van der Waals surface area contributed by atoms with Crippen LogP contribution in [0.3, 0.4) is 0 Å². The second-order valence-electron chi connectivity index (χ2n) is 3.01. The van der Waals surface area contributed by atoms with Crippen molar-refractivity contribution in [2.24, 2.45) is 5.73 Å². The molecule has 0 heterocycles. The predicted molar refractivity (Wildman–Crippen MR) is 59.6 cm³/mol. The highest BCUT2D eigenvalue weighted by molar-refractivity contribution is 9.10. The molecular formula is C10H14BrNO2. The first-order valence-electron chi connectivity index (χ1n) is 4.37. The summed E-state index contributed by atoms with van der Waals surface area (Å²) in [7, 11) is 1.61. The number of aliphatic hydroxyl groups excluding tert-OH is 1. The third kappa shape index (κ3) is 2.47. The Morgan fingerprint density at radius 1 is 1.57 bits per heavy atom. The second-order valence-corrected chi connectivity index (χ2v) is 3.86. The summed E-state index contributed by atoms with van der Waals surface area (Å²) in [5.74, 6) is 0.742. The Balaban J connectivity index is 2.98. The van der Waals surface area contributed by atoms with E-state index in [1.165, 1.54) is 0 Å². The van der Waals surface area contributed by atoms with Crippen molar-refractivity contribution in [3.8, 4) is 5.75 Å². The van der Waals surface area contributed by atoms with Gasteiger partial charge in [0, 0.05) is 12.5 Å². The Hall–Kier alpha value is -0.580. The number of benzene rings is 1. The molecule has 0 aliphatic rings. The van der Waals surface area contributed by atoms with Crippen LogP contribution in [0.25, 0.3) is 0 Å². The molecule has 0 saturated carbocycles. The summed E-state index contributed by atoms with van der Waals surface area (Å²) < 4.78 is 6.06. The Morgan fingerprint density at radius 2 is 2.29 bits per heavy atom. The average Bonchev–Trinajstić information content (AvgIpc) is 2.22. The van der Waals surface area contributed by atoms with Gasteiger partial charge in [0.05, 0.1) is 18.2 Å². The van der Waals surface area contributed by atoms with E-state index in [0.717, 1.165) is 15.8 Å². The van der Waals surface area contributed by atoms with Crippen molar-refractivity contribution in [2.75, 3.05) is 20.3 Å². The van der Waals surface area contributed by atoms with Gasteiger partial charge in [-0.2, -0.15) is 0 Å². The fourth-order valence-corrected chi connectivity index (χ4v) is 1.65. The molecule has 0 aromatic heterocycles. The van der Waals surface area contributed by atoms with Gasteiger partial charge >= 0.3 is 0 Å². The molecule has 0 aliphatic carbocycles. The van der Waals surface area contributed by atoms with Crippen LogP contribution in [-0.4, -0.2) is 25.4 Å². The van der Waals surface area contributed by atoms with E-state index in [4.69, 9.17) is 15.6 Å². The van der Waals surface area contributed by atoms with Gasteiger partial charge in [-0.3, -0.25) is 0 Å². The minimum Gasteiger partial charge on any atom is -0.496 e. The molecule has 0 aliphatic heterocycles. The molecule has 1 aromatic carbocycles. The van der Waals surface area contributed by atoms with Gasteiger partial charge in [-0.1, -0.05) is 6.07 Å². The van der Waals surface area contributed by atoms with Gasteiger partial charge in [-0.05, 0) is 33.6 Å². The monoisotopic (exact) mass is 259 g/mol. The first-order chi connectivity index (χ1) is 6.72. The lowest BCUT2D eigenvalue weighted by atomic mass is 10.0. The van der Waals surface area contributed by atoms with E-state index in [2.05, 4.69) is 15.9 Å². The Kier molecular flexibility index (Phi) is 4.38. The molecule has 3 N–H and O–H groups in total. The molecule has 78 valence electrons. The lowest BCUT2D eigenvalue weighted by molar-refractivity contribution is 0.267. The standard InChI is InChI=1S/C10H14BrNO2/c1-14-10-4-7(2-3-9(10)11)8(5-12)6-13/h2-4,8,13H,5-6,12H2,1H3. The first kappa shape index (κ1) is 11.5. The second kappa shape index (κ2) is 5.34. The van der Waals surface area contributed by atoms with Crippen LogP contribution < -0.4 is 10.5 Å². The van der Waals surface area contributed by atoms with Crippen molar-refractivity contribution >= 4 is 15.9 Å². The van der Waals surface area contributed by atoms with E-state index in [0.29, 0.717) is 6.54 Å². The third-order valence-corrected chi connectivity index (χ3v) is 2.81. The molecule has 1 rings (SSSR count). The minimum atomic E-state index is -0.0167. The smallest absolute Gasteiger partial charge is 0.133 e. The molecule has 4 heteroatoms. The van der Waals surface area contributed by atoms with E-state index in [-0.39, 0.29) is 12.5 Å². The number of hydrogen-bond acceptors (Lipinski definition) is 3. The quantitative estimate of drug-likeness (QED) is 0.862.